The van der Waals surface area contributed by atoms with Crippen molar-refractivity contribution in [2.45, 2.75) is 31.8 Å². The number of hydrazine groups is 1. The number of nitrogens with zero attached hydrogens (tertiary/aromatic N) is 4. The molecule has 3 aliphatic rings. The zero-order chi connectivity index (χ0) is 24.8. The standard InChI is InChI=1S/C23H26ClN7O4/c1-22(2)13-35-23(33,29-22)12-30-11-17(19(28-30)15-9-14(24)5-6-18(15)34-3)27-21(32)16-10-26-31-8-4-7-25-20(16)31/h4-9,11,26,29,33H,10,12-13H2,1-3H3,(H,27,32). The molecule has 0 radical (unpaired) electrons. The Morgan fingerprint density at radius 3 is 2.97 bits per heavy atom. The number of halogens is 1. The number of benzene rings is 1. The molecular formula is C23H26ClN7O4. The van der Waals surface area contributed by atoms with Gasteiger partial charge >= 0.3 is 0 Å². The fourth-order valence-corrected chi connectivity index (χ4v) is 4.38. The van der Waals surface area contributed by atoms with Crippen molar-refractivity contribution in [1.29, 1.82) is 0 Å². The number of amides is 1. The molecular weight excluding hydrogens is 474 g/mol. The van der Waals surface area contributed by atoms with Gasteiger partial charge in [0.25, 0.3) is 5.91 Å². The van der Waals surface area contributed by atoms with E-state index in [1.54, 1.807) is 55.0 Å². The Kier molecular flexibility index (Phi) is 5.90. The average Bonchev–Trinajstić information content (AvgIpc) is 3.48. The Morgan fingerprint density at radius 1 is 1.40 bits per heavy atom. The number of hydrogen-bond donors (Lipinski definition) is 4. The third-order valence-electron chi connectivity index (χ3n) is 5.72. The van der Waals surface area contributed by atoms with Crippen LogP contribution in [0, 0.1) is 0 Å². The average molecular weight is 500 g/mol. The summed E-state index contributed by atoms with van der Waals surface area (Å²) in [5, 5.41) is 23.7. The van der Waals surface area contributed by atoms with Gasteiger partial charge in [-0.05, 0) is 38.1 Å². The highest BCUT2D eigenvalue weighted by molar-refractivity contribution is 6.31. The van der Waals surface area contributed by atoms with E-state index in [0.717, 1.165) is 0 Å². The van der Waals surface area contributed by atoms with Crippen molar-refractivity contribution in [2.24, 2.45) is 4.99 Å². The number of hydrogen-bond acceptors (Lipinski definition) is 9. The largest absolute Gasteiger partial charge is 0.496 e. The molecule has 4 N–H and O–H groups in total. The smallest absolute Gasteiger partial charge is 0.256 e. The fraction of sp³-hybridized carbons (Fsp3) is 0.348. The third-order valence-corrected chi connectivity index (χ3v) is 5.96. The lowest BCUT2D eigenvalue weighted by molar-refractivity contribution is -0.195. The van der Waals surface area contributed by atoms with Crippen LogP contribution >= 0.6 is 11.6 Å². The zero-order valence-corrected chi connectivity index (χ0v) is 20.3. The molecule has 184 valence electrons. The van der Waals surface area contributed by atoms with Crippen LogP contribution in [0.15, 0.2) is 53.1 Å². The van der Waals surface area contributed by atoms with Gasteiger partial charge in [0, 0.05) is 41.3 Å². The molecule has 12 heteroatoms. The second-order valence-corrected chi connectivity index (χ2v) is 9.53. The first-order chi connectivity index (χ1) is 16.7. The van der Waals surface area contributed by atoms with Gasteiger partial charge in [-0.1, -0.05) is 11.6 Å². The van der Waals surface area contributed by atoms with Gasteiger partial charge in [0.1, 0.15) is 18.0 Å². The van der Waals surface area contributed by atoms with Gasteiger partial charge in [0.2, 0.25) is 5.91 Å². The quantitative estimate of drug-likeness (QED) is 0.474. The molecule has 4 heterocycles. The monoisotopic (exact) mass is 499 g/mol. The summed E-state index contributed by atoms with van der Waals surface area (Å²) in [5.41, 5.74) is 4.60. The molecule has 3 aliphatic heterocycles. The summed E-state index contributed by atoms with van der Waals surface area (Å²) in [6.07, 6.45) is 6.83. The molecule has 1 saturated heterocycles. The lowest BCUT2D eigenvalue weighted by Gasteiger charge is -2.24. The molecule has 0 bridgehead atoms. The summed E-state index contributed by atoms with van der Waals surface area (Å²) in [5.74, 6) is -0.891. The van der Waals surface area contributed by atoms with Crippen LogP contribution in [0.2, 0.25) is 5.02 Å². The second kappa shape index (κ2) is 8.77. The van der Waals surface area contributed by atoms with Gasteiger partial charge in [-0.2, -0.15) is 5.10 Å². The molecule has 35 heavy (non-hydrogen) atoms. The maximum atomic E-state index is 13.3. The predicted octanol–water partition coefficient (Wildman–Crippen LogP) is 1.82. The number of rotatable bonds is 6. The Bertz CT molecular complexity index is 1270. The summed E-state index contributed by atoms with van der Waals surface area (Å²) in [7, 11) is 1.54. The minimum atomic E-state index is -1.61. The van der Waals surface area contributed by atoms with Gasteiger partial charge in [-0.25, -0.2) is 10.4 Å². The molecule has 0 aliphatic carbocycles. The molecule has 2 aromatic rings. The number of carbonyl (C=O) groups is 1. The van der Waals surface area contributed by atoms with Gasteiger partial charge < -0.3 is 19.9 Å². The fourth-order valence-electron chi connectivity index (χ4n) is 4.21. The van der Waals surface area contributed by atoms with Crippen LogP contribution < -0.4 is 20.8 Å². The number of nitrogens with one attached hydrogen (secondary N) is 3. The third kappa shape index (κ3) is 4.68. The normalized spacial score (nSPS) is 22.6. The van der Waals surface area contributed by atoms with Crippen molar-refractivity contribution in [1.82, 2.24) is 25.5 Å². The van der Waals surface area contributed by atoms with Crippen molar-refractivity contribution in [3.05, 3.63) is 53.1 Å². The van der Waals surface area contributed by atoms with Crippen LogP contribution in [0.4, 0.5) is 5.69 Å². The topological polar surface area (TPSA) is 125 Å². The minimum absolute atomic E-state index is 0.0133. The Morgan fingerprint density at radius 2 is 2.23 bits per heavy atom. The van der Waals surface area contributed by atoms with Crippen molar-refractivity contribution >= 4 is 29.4 Å². The van der Waals surface area contributed by atoms with E-state index in [-0.39, 0.29) is 12.5 Å². The summed E-state index contributed by atoms with van der Waals surface area (Å²) in [4.78, 5) is 17.6. The number of aliphatic imine (C=N–C) groups is 1. The molecule has 1 aromatic carbocycles. The first-order valence-electron chi connectivity index (χ1n) is 11.0. The maximum Gasteiger partial charge on any atom is 0.256 e. The van der Waals surface area contributed by atoms with E-state index < -0.39 is 11.4 Å². The van der Waals surface area contributed by atoms with Gasteiger partial charge in [0.15, 0.2) is 5.82 Å². The zero-order valence-electron chi connectivity index (χ0n) is 19.5. The van der Waals surface area contributed by atoms with Crippen molar-refractivity contribution in [3.8, 4) is 17.0 Å². The number of allylic oxidation sites excluding steroid dienone is 1. The number of fused-ring (bicyclic) bond motifs is 1. The van der Waals surface area contributed by atoms with E-state index in [0.29, 0.717) is 52.3 Å². The molecule has 11 nitrogen and oxygen atoms in total. The van der Waals surface area contributed by atoms with E-state index in [4.69, 9.17) is 21.1 Å². The highest BCUT2D eigenvalue weighted by Gasteiger charge is 2.43. The highest BCUT2D eigenvalue weighted by atomic mass is 35.5. The van der Waals surface area contributed by atoms with E-state index in [1.807, 2.05) is 13.8 Å². The van der Waals surface area contributed by atoms with Gasteiger partial charge in [0.05, 0.1) is 25.0 Å². The Labute approximate surface area is 207 Å². The molecule has 1 atom stereocenters. The molecule has 1 unspecified atom stereocenters. The number of methoxy groups -OCH3 is 1. The SMILES string of the molecule is COc1ccc(Cl)cc1-c1nn(CC2(O)NC(C)(C)CO2)cc1NC(=O)C1=C2N=CC=CN2NC1. The van der Waals surface area contributed by atoms with Gasteiger partial charge in [-0.3, -0.25) is 19.8 Å². The number of ether oxygens (including phenoxy) is 2. The molecule has 0 saturated carbocycles. The van der Waals surface area contributed by atoms with E-state index >= 15 is 0 Å². The maximum absolute atomic E-state index is 13.3. The summed E-state index contributed by atoms with van der Waals surface area (Å²) in [6.45, 7) is 4.50. The minimum Gasteiger partial charge on any atom is -0.496 e. The van der Waals surface area contributed by atoms with Crippen molar-refractivity contribution in [2.75, 3.05) is 25.6 Å². The van der Waals surface area contributed by atoms with Crippen molar-refractivity contribution < 1.29 is 19.4 Å². The Hall–Kier alpha value is -3.22. The summed E-state index contributed by atoms with van der Waals surface area (Å²) in [6, 6.07) is 5.15. The van der Waals surface area contributed by atoms with Crippen molar-refractivity contribution in [3.63, 3.8) is 0 Å². The van der Waals surface area contributed by atoms with Crippen LogP contribution in [0.25, 0.3) is 11.3 Å². The molecule has 5 rings (SSSR count). The summed E-state index contributed by atoms with van der Waals surface area (Å²) < 4.78 is 12.6. The number of anilines is 1. The first kappa shape index (κ1) is 23.5. The predicted molar refractivity (Wildman–Crippen MR) is 130 cm³/mol. The number of aromatic nitrogens is 2. The molecule has 1 aromatic heterocycles. The lowest BCUT2D eigenvalue weighted by atomic mass is 10.1. The molecule has 1 fully saturated rings. The second-order valence-electron chi connectivity index (χ2n) is 9.10. The highest BCUT2D eigenvalue weighted by Crippen LogP contribution is 2.37. The molecule has 1 amide bonds. The Balaban J connectivity index is 1.51. The van der Waals surface area contributed by atoms with E-state index in [9.17, 15) is 9.90 Å². The lowest BCUT2D eigenvalue weighted by Crippen LogP contribution is -2.51. The number of carbonyl (C=O) groups excluding carboxylic acids is 1. The van der Waals surface area contributed by atoms with Crippen LogP contribution in [0.5, 0.6) is 5.75 Å². The van der Waals surface area contributed by atoms with E-state index in [2.05, 4.69) is 26.2 Å². The van der Waals surface area contributed by atoms with Crippen LogP contribution in [0.3, 0.4) is 0 Å². The first-order valence-corrected chi connectivity index (χ1v) is 11.4. The van der Waals surface area contributed by atoms with Crippen LogP contribution in [-0.2, 0) is 16.1 Å². The van der Waals surface area contributed by atoms with Crippen LogP contribution in [-0.4, -0.2) is 63.7 Å². The number of aliphatic hydroxyl groups is 1. The van der Waals surface area contributed by atoms with Gasteiger partial charge in [-0.15, -0.1) is 0 Å². The van der Waals surface area contributed by atoms with E-state index in [1.165, 1.54) is 4.68 Å². The molecule has 0 spiro atoms. The summed E-state index contributed by atoms with van der Waals surface area (Å²) >= 11 is 6.27. The van der Waals surface area contributed by atoms with Crippen LogP contribution in [0.1, 0.15) is 13.8 Å².